The lowest BCUT2D eigenvalue weighted by Gasteiger charge is -2.34. The third kappa shape index (κ3) is 4.03. The van der Waals surface area contributed by atoms with Crippen LogP contribution in [0.4, 0.5) is 0 Å². The predicted molar refractivity (Wildman–Crippen MR) is 88.1 cm³/mol. The van der Waals surface area contributed by atoms with Gasteiger partial charge in [-0.05, 0) is 42.0 Å². The van der Waals surface area contributed by atoms with Crippen molar-refractivity contribution in [3.05, 3.63) is 29.8 Å². The van der Waals surface area contributed by atoms with E-state index in [-0.39, 0.29) is 5.91 Å². The smallest absolute Gasteiger partial charge is 0.246 e. The number of rotatable bonds is 4. The molecule has 1 aromatic rings. The van der Waals surface area contributed by atoms with E-state index in [9.17, 15) is 4.79 Å². The van der Waals surface area contributed by atoms with E-state index in [1.165, 1.54) is 6.42 Å². The van der Waals surface area contributed by atoms with Crippen molar-refractivity contribution in [3.63, 3.8) is 0 Å². The van der Waals surface area contributed by atoms with Crippen molar-refractivity contribution >= 4 is 12.0 Å². The molecule has 1 amide bonds. The van der Waals surface area contributed by atoms with Gasteiger partial charge in [-0.25, -0.2) is 0 Å². The minimum absolute atomic E-state index is 0.0770. The number of ether oxygens (including phenoxy) is 2. The van der Waals surface area contributed by atoms with Crippen molar-refractivity contribution in [2.45, 2.75) is 20.3 Å². The zero-order chi connectivity index (χ0) is 16.1. The highest BCUT2D eigenvalue weighted by molar-refractivity contribution is 5.92. The van der Waals surface area contributed by atoms with Crippen molar-refractivity contribution in [1.82, 2.24) is 4.90 Å². The third-order valence-corrected chi connectivity index (χ3v) is 4.01. The molecule has 4 nitrogen and oxygen atoms in total. The van der Waals surface area contributed by atoms with Gasteiger partial charge in [0.25, 0.3) is 0 Å². The number of hydrogen-bond acceptors (Lipinski definition) is 3. The van der Waals surface area contributed by atoms with Crippen molar-refractivity contribution in [2.75, 3.05) is 27.3 Å². The van der Waals surface area contributed by atoms with Crippen LogP contribution in [0.15, 0.2) is 24.3 Å². The predicted octanol–water partition coefficient (Wildman–Crippen LogP) is 3.22. The van der Waals surface area contributed by atoms with Crippen LogP contribution in [0.2, 0.25) is 0 Å². The fraction of sp³-hybridized carbons (Fsp3) is 0.500. The number of nitrogens with zero attached hydrogens (tertiary/aromatic N) is 1. The SMILES string of the molecule is COc1ccc(C=CC(=O)N2CC(C)CC(C)C2)cc1OC. The first-order valence-corrected chi connectivity index (χ1v) is 7.72. The number of hydrogen-bond donors (Lipinski definition) is 0. The number of methoxy groups -OCH3 is 2. The molecule has 1 heterocycles. The van der Waals surface area contributed by atoms with Crippen LogP contribution in [-0.2, 0) is 4.79 Å². The molecule has 4 heteroatoms. The molecular formula is C18H25NO3. The van der Waals surface area contributed by atoms with Gasteiger partial charge >= 0.3 is 0 Å². The Morgan fingerprint density at radius 3 is 2.36 bits per heavy atom. The largest absolute Gasteiger partial charge is 0.493 e. The first kappa shape index (κ1) is 16.4. The van der Waals surface area contributed by atoms with Crippen molar-refractivity contribution < 1.29 is 14.3 Å². The minimum atomic E-state index is 0.0770. The Bertz CT molecular complexity index is 543. The topological polar surface area (TPSA) is 38.8 Å². The zero-order valence-corrected chi connectivity index (χ0v) is 13.8. The maximum Gasteiger partial charge on any atom is 0.246 e. The van der Waals surface area contributed by atoms with Crippen molar-refractivity contribution in [1.29, 1.82) is 0 Å². The molecule has 1 aliphatic rings. The molecule has 0 N–H and O–H groups in total. The summed E-state index contributed by atoms with van der Waals surface area (Å²) < 4.78 is 10.5. The van der Waals surface area contributed by atoms with E-state index in [1.807, 2.05) is 29.2 Å². The summed E-state index contributed by atoms with van der Waals surface area (Å²) in [7, 11) is 3.21. The zero-order valence-electron chi connectivity index (χ0n) is 13.8. The van der Waals surface area contributed by atoms with Gasteiger partial charge in [0.15, 0.2) is 11.5 Å². The summed E-state index contributed by atoms with van der Waals surface area (Å²) in [6.07, 6.45) is 4.67. The molecule has 0 aromatic heterocycles. The Balaban J connectivity index is 2.06. The van der Waals surface area contributed by atoms with E-state index in [4.69, 9.17) is 9.47 Å². The quantitative estimate of drug-likeness (QED) is 0.802. The van der Waals surface area contributed by atoms with Gasteiger partial charge in [-0.1, -0.05) is 19.9 Å². The first-order chi connectivity index (χ1) is 10.5. The van der Waals surface area contributed by atoms with Crippen LogP contribution >= 0.6 is 0 Å². The lowest BCUT2D eigenvalue weighted by atomic mass is 9.92. The molecule has 1 fully saturated rings. The Kier molecular flexibility index (Phi) is 5.47. The Labute approximate surface area is 132 Å². The Morgan fingerprint density at radius 1 is 1.14 bits per heavy atom. The molecule has 22 heavy (non-hydrogen) atoms. The second-order valence-electron chi connectivity index (χ2n) is 6.14. The molecule has 120 valence electrons. The van der Waals surface area contributed by atoms with Crippen LogP contribution in [-0.4, -0.2) is 38.1 Å². The highest BCUT2D eigenvalue weighted by atomic mass is 16.5. The summed E-state index contributed by atoms with van der Waals surface area (Å²) in [4.78, 5) is 14.3. The van der Waals surface area contributed by atoms with Crippen molar-refractivity contribution in [2.24, 2.45) is 11.8 Å². The lowest BCUT2D eigenvalue weighted by Crippen LogP contribution is -2.41. The molecule has 0 saturated carbocycles. The molecule has 2 unspecified atom stereocenters. The highest BCUT2D eigenvalue weighted by Crippen LogP contribution is 2.28. The molecule has 1 aromatic carbocycles. The number of carbonyl (C=O) groups excluding carboxylic acids is 1. The molecular weight excluding hydrogens is 278 g/mol. The summed E-state index contributed by atoms with van der Waals surface area (Å²) in [5, 5.41) is 0. The van der Waals surface area contributed by atoms with E-state index >= 15 is 0 Å². The van der Waals surface area contributed by atoms with Gasteiger partial charge < -0.3 is 14.4 Å². The summed E-state index contributed by atoms with van der Waals surface area (Å²) in [6.45, 7) is 6.10. The molecule has 0 bridgehead atoms. The normalized spacial score (nSPS) is 21.9. The average molecular weight is 303 g/mol. The fourth-order valence-corrected chi connectivity index (χ4v) is 3.07. The molecule has 2 rings (SSSR count). The van der Waals surface area contributed by atoms with Crippen LogP contribution in [0.25, 0.3) is 6.08 Å². The first-order valence-electron chi connectivity index (χ1n) is 7.72. The van der Waals surface area contributed by atoms with E-state index in [2.05, 4.69) is 13.8 Å². The standard InChI is InChI=1S/C18H25NO3/c1-13-9-14(2)12-19(11-13)18(20)8-6-15-5-7-16(21-3)17(10-15)22-4/h5-8,10,13-14H,9,11-12H2,1-4H3. The van der Waals surface area contributed by atoms with Crippen LogP contribution in [0.1, 0.15) is 25.8 Å². The number of piperidine rings is 1. The molecule has 1 saturated heterocycles. The van der Waals surface area contributed by atoms with Crippen LogP contribution in [0.3, 0.4) is 0 Å². The number of benzene rings is 1. The Morgan fingerprint density at radius 2 is 1.77 bits per heavy atom. The number of likely N-dealkylation sites (tertiary alicyclic amines) is 1. The van der Waals surface area contributed by atoms with Gasteiger partial charge in [0, 0.05) is 19.2 Å². The highest BCUT2D eigenvalue weighted by Gasteiger charge is 2.23. The van der Waals surface area contributed by atoms with Crippen LogP contribution < -0.4 is 9.47 Å². The average Bonchev–Trinajstić information content (AvgIpc) is 2.51. The van der Waals surface area contributed by atoms with Gasteiger partial charge in [-0.15, -0.1) is 0 Å². The van der Waals surface area contributed by atoms with Crippen LogP contribution in [0.5, 0.6) is 11.5 Å². The molecule has 1 aliphatic heterocycles. The lowest BCUT2D eigenvalue weighted by molar-refractivity contribution is -0.128. The summed E-state index contributed by atoms with van der Waals surface area (Å²) >= 11 is 0. The second kappa shape index (κ2) is 7.34. The minimum Gasteiger partial charge on any atom is -0.493 e. The van der Waals surface area contributed by atoms with Gasteiger partial charge in [0.2, 0.25) is 5.91 Å². The molecule has 2 atom stereocenters. The van der Waals surface area contributed by atoms with E-state index in [0.717, 1.165) is 18.7 Å². The van der Waals surface area contributed by atoms with Gasteiger partial charge in [0.05, 0.1) is 14.2 Å². The molecule has 0 radical (unpaired) electrons. The third-order valence-electron chi connectivity index (χ3n) is 4.01. The summed E-state index contributed by atoms with van der Waals surface area (Å²) in [6, 6.07) is 5.62. The van der Waals surface area contributed by atoms with Gasteiger partial charge in [0.1, 0.15) is 0 Å². The summed E-state index contributed by atoms with van der Waals surface area (Å²) in [5.41, 5.74) is 0.920. The molecule has 0 spiro atoms. The van der Waals surface area contributed by atoms with Gasteiger partial charge in [-0.3, -0.25) is 4.79 Å². The van der Waals surface area contributed by atoms with Crippen molar-refractivity contribution in [3.8, 4) is 11.5 Å². The molecule has 0 aliphatic carbocycles. The number of carbonyl (C=O) groups is 1. The van der Waals surface area contributed by atoms with Crippen LogP contribution in [0, 0.1) is 11.8 Å². The summed E-state index contributed by atoms with van der Waals surface area (Å²) in [5.74, 6) is 2.57. The maximum atomic E-state index is 12.3. The fourth-order valence-electron chi connectivity index (χ4n) is 3.07. The number of amides is 1. The van der Waals surface area contributed by atoms with Gasteiger partial charge in [-0.2, -0.15) is 0 Å². The monoisotopic (exact) mass is 303 g/mol. The van der Waals surface area contributed by atoms with E-state index < -0.39 is 0 Å². The Hall–Kier alpha value is -1.97. The van der Waals surface area contributed by atoms with E-state index in [0.29, 0.717) is 23.3 Å². The van der Waals surface area contributed by atoms with E-state index in [1.54, 1.807) is 20.3 Å². The maximum absolute atomic E-state index is 12.3. The second-order valence-corrected chi connectivity index (χ2v) is 6.14.